The first-order valence-electron chi connectivity index (χ1n) is 9.05. The molecule has 0 saturated carbocycles. The highest BCUT2D eigenvalue weighted by Crippen LogP contribution is 2.29. The molecule has 10 heteroatoms. The quantitative estimate of drug-likeness (QED) is 0.298. The molecule has 166 valence electrons. The lowest BCUT2D eigenvalue weighted by Gasteiger charge is -2.21. The molecular weight excluding hydrogens is 519 g/mol. The van der Waals surface area contributed by atoms with Crippen LogP contribution in [0, 0.1) is 0 Å². The van der Waals surface area contributed by atoms with Crippen LogP contribution in [0.15, 0.2) is 52.4 Å². The molecule has 0 atom stereocenters. The van der Waals surface area contributed by atoms with Crippen LogP contribution in [-0.4, -0.2) is 46.0 Å². The molecule has 0 heterocycles. The molecule has 0 fully saturated rings. The summed E-state index contributed by atoms with van der Waals surface area (Å²) in [6.07, 6.45) is 0. The van der Waals surface area contributed by atoms with Gasteiger partial charge in [-0.1, -0.05) is 12.1 Å². The van der Waals surface area contributed by atoms with Crippen molar-refractivity contribution in [2.24, 2.45) is 10.7 Å². The molecule has 0 saturated heterocycles. The topological polar surface area (TPSA) is 106 Å². The van der Waals surface area contributed by atoms with Crippen molar-refractivity contribution >= 4 is 45.6 Å². The number of rotatable bonds is 8. The zero-order chi connectivity index (χ0) is 21.6. The normalized spacial score (nSPS) is 11.9. The number of nitrogens with two attached hydrogens (primary N) is 1. The Hall–Kier alpha value is -2.05. The first kappa shape index (κ1) is 26.0. The number of hydrogen-bond donors (Lipinski definition) is 2. The third-order valence-electron chi connectivity index (χ3n) is 4.42. The van der Waals surface area contributed by atoms with Gasteiger partial charge in [0.2, 0.25) is 10.0 Å². The number of nitrogens with zero attached hydrogens (tertiary/aromatic N) is 2. The van der Waals surface area contributed by atoms with Crippen LogP contribution in [0.5, 0.6) is 11.5 Å². The Labute approximate surface area is 195 Å². The number of halogens is 1. The van der Waals surface area contributed by atoms with E-state index < -0.39 is 10.0 Å². The highest BCUT2D eigenvalue weighted by molar-refractivity contribution is 14.0. The standard InChI is InChI=1S/C20H28N4O4S.HI/c1-14(2)24(3)29(25,26)17-9-6-15(7-10-17)13-22-20(21)23-16-8-11-18(27-4)19(12-16)28-5;/h6-12,14H,13H2,1-5H3,(H3,21,22,23);1H. The van der Waals surface area contributed by atoms with Crippen molar-refractivity contribution in [3.63, 3.8) is 0 Å². The summed E-state index contributed by atoms with van der Waals surface area (Å²) in [6, 6.07) is 11.8. The summed E-state index contributed by atoms with van der Waals surface area (Å²) >= 11 is 0. The molecule has 0 aliphatic rings. The molecule has 2 aromatic rings. The van der Waals surface area contributed by atoms with Crippen molar-refractivity contribution in [3.05, 3.63) is 48.0 Å². The third kappa shape index (κ3) is 6.47. The summed E-state index contributed by atoms with van der Waals surface area (Å²) in [6.45, 7) is 3.97. The van der Waals surface area contributed by atoms with Gasteiger partial charge in [0.1, 0.15) is 0 Å². The van der Waals surface area contributed by atoms with E-state index in [4.69, 9.17) is 15.2 Å². The van der Waals surface area contributed by atoms with Crippen LogP contribution in [0.4, 0.5) is 5.69 Å². The lowest BCUT2D eigenvalue weighted by molar-refractivity contribution is 0.355. The third-order valence-corrected chi connectivity index (χ3v) is 6.46. The van der Waals surface area contributed by atoms with Gasteiger partial charge in [0.25, 0.3) is 0 Å². The zero-order valence-corrected chi connectivity index (χ0v) is 20.9. The summed E-state index contributed by atoms with van der Waals surface area (Å²) < 4.78 is 36.8. The van der Waals surface area contributed by atoms with E-state index in [1.807, 2.05) is 13.8 Å². The van der Waals surface area contributed by atoms with Crippen LogP contribution in [0.25, 0.3) is 0 Å². The maximum Gasteiger partial charge on any atom is 0.243 e. The summed E-state index contributed by atoms with van der Waals surface area (Å²) in [7, 11) is 1.19. The van der Waals surface area contributed by atoms with E-state index in [1.54, 1.807) is 63.7 Å². The monoisotopic (exact) mass is 548 g/mol. The number of hydrogen-bond acceptors (Lipinski definition) is 5. The fourth-order valence-electron chi connectivity index (χ4n) is 2.49. The number of benzene rings is 2. The van der Waals surface area contributed by atoms with E-state index in [2.05, 4.69) is 10.3 Å². The molecule has 0 spiro atoms. The fraction of sp³-hybridized carbons (Fsp3) is 0.350. The van der Waals surface area contributed by atoms with E-state index in [9.17, 15) is 8.42 Å². The molecule has 0 unspecified atom stereocenters. The van der Waals surface area contributed by atoms with Crippen LogP contribution in [0.1, 0.15) is 19.4 Å². The number of anilines is 1. The smallest absolute Gasteiger partial charge is 0.243 e. The molecule has 2 rings (SSSR count). The second kappa shape index (κ2) is 11.4. The van der Waals surface area contributed by atoms with E-state index >= 15 is 0 Å². The van der Waals surface area contributed by atoms with Crippen LogP contribution in [-0.2, 0) is 16.6 Å². The van der Waals surface area contributed by atoms with Gasteiger partial charge in [-0.25, -0.2) is 13.4 Å². The maximum absolute atomic E-state index is 12.5. The maximum atomic E-state index is 12.5. The molecule has 30 heavy (non-hydrogen) atoms. The Kier molecular flexibility index (Phi) is 9.85. The van der Waals surface area contributed by atoms with Gasteiger partial charge in [-0.3, -0.25) is 0 Å². The van der Waals surface area contributed by atoms with E-state index in [0.717, 1.165) is 5.56 Å². The molecular formula is C20H29IN4O4S. The first-order valence-corrected chi connectivity index (χ1v) is 10.5. The minimum absolute atomic E-state index is 0. The Morgan fingerprint density at radius 3 is 2.23 bits per heavy atom. The Bertz CT molecular complexity index is 963. The van der Waals surface area contributed by atoms with Gasteiger partial charge < -0.3 is 20.5 Å². The van der Waals surface area contributed by atoms with Crippen molar-refractivity contribution < 1.29 is 17.9 Å². The van der Waals surface area contributed by atoms with E-state index in [0.29, 0.717) is 23.7 Å². The Morgan fingerprint density at radius 2 is 1.70 bits per heavy atom. The van der Waals surface area contributed by atoms with Gasteiger partial charge >= 0.3 is 0 Å². The molecule has 0 aliphatic carbocycles. The summed E-state index contributed by atoms with van der Waals surface area (Å²) in [5.74, 6) is 1.42. The fourth-order valence-corrected chi connectivity index (χ4v) is 3.86. The number of aliphatic imine (C=N–C) groups is 1. The predicted octanol–water partition coefficient (Wildman–Crippen LogP) is 3.28. The highest BCUT2D eigenvalue weighted by Gasteiger charge is 2.22. The number of sulfonamides is 1. The van der Waals surface area contributed by atoms with E-state index in [-0.39, 0.29) is 40.9 Å². The number of methoxy groups -OCH3 is 2. The molecule has 0 amide bonds. The summed E-state index contributed by atoms with van der Waals surface area (Å²) in [5.41, 5.74) is 7.50. The minimum Gasteiger partial charge on any atom is -0.493 e. The van der Waals surface area contributed by atoms with Crippen molar-refractivity contribution in [2.45, 2.75) is 31.3 Å². The summed E-state index contributed by atoms with van der Waals surface area (Å²) in [5, 5.41) is 2.99. The number of ether oxygens (including phenoxy) is 2. The average molecular weight is 548 g/mol. The number of nitrogens with one attached hydrogen (secondary N) is 1. The van der Waals surface area contributed by atoms with Crippen molar-refractivity contribution in [1.82, 2.24) is 4.31 Å². The molecule has 8 nitrogen and oxygen atoms in total. The molecule has 0 radical (unpaired) electrons. The lowest BCUT2D eigenvalue weighted by atomic mass is 10.2. The van der Waals surface area contributed by atoms with Gasteiger partial charge in [-0.05, 0) is 43.7 Å². The average Bonchev–Trinajstić information content (AvgIpc) is 2.71. The van der Waals surface area contributed by atoms with E-state index in [1.165, 1.54) is 4.31 Å². The molecule has 3 N–H and O–H groups in total. The Balaban J connectivity index is 0.00000450. The Morgan fingerprint density at radius 1 is 1.10 bits per heavy atom. The lowest BCUT2D eigenvalue weighted by Crippen LogP contribution is -2.33. The molecule has 0 aromatic heterocycles. The second-order valence-electron chi connectivity index (χ2n) is 6.66. The summed E-state index contributed by atoms with van der Waals surface area (Å²) in [4.78, 5) is 4.54. The minimum atomic E-state index is -3.50. The zero-order valence-electron chi connectivity index (χ0n) is 17.7. The molecule has 0 bridgehead atoms. The van der Waals surface area contributed by atoms with Crippen LogP contribution in [0.3, 0.4) is 0 Å². The largest absolute Gasteiger partial charge is 0.493 e. The second-order valence-corrected chi connectivity index (χ2v) is 8.65. The highest BCUT2D eigenvalue weighted by atomic mass is 127. The number of guanidine groups is 1. The van der Waals surface area contributed by atoms with Gasteiger partial charge in [0, 0.05) is 24.8 Å². The predicted molar refractivity (Wildman–Crippen MR) is 130 cm³/mol. The van der Waals surface area contributed by atoms with Gasteiger partial charge in [-0.2, -0.15) is 4.31 Å². The SMILES string of the molecule is COc1ccc(NC(N)=NCc2ccc(S(=O)(=O)N(C)C(C)C)cc2)cc1OC.I. The van der Waals surface area contributed by atoms with Crippen molar-refractivity contribution in [1.29, 1.82) is 0 Å². The van der Waals surface area contributed by atoms with Gasteiger partial charge in [-0.15, -0.1) is 24.0 Å². The van der Waals surface area contributed by atoms with Crippen LogP contribution < -0.4 is 20.5 Å². The van der Waals surface area contributed by atoms with Crippen LogP contribution in [0.2, 0.25) is 0 Å². The van der Waals surface area contributed by atoms with Crippen molar-refractivity contribution in [2.75, 3.05) is 26.6 Å². The van der Waals surface area contributed by atoms with Gasteiger partial charge in [0.15, 0.2) is 17.5 Å². The van der Waals surface area contributed by atoms with Crippen LogP contribution >= 0.6 is 24.0 Å². The first-order chi connectivity index (χ1) is 13.7. The van der Waals surface area contributed by atoms with Gasteiger partial charge in [0.05, 0.1) is 25.7 Å². The van der Waals surface area contributed by atoms with Crippen molar-refractivity contribution in [3.8, 4) is 11.5 Å². The molecule has 0 aliphatic heterocycles. The molecule has 2 aromatic carbocycles.